The third-order valence-corrected chi connectivity index (χ3v) is 6.56. The van der Waals surface area contributed by atoms with Crippen molar-refractivity contribution in [1.82, 2.24) is 4.90 Å². The molecule has 0 atom stereocenters. The Bertz CT molecular complexity index is 1170. The lowest BCUT2D eigenvalue weighted by atomic mass is 10.1. The van der Waals surface area contributed by atoms with E-state index in [1.807, 2.05) is 72.8 Å². The molecule has 0 aliphatic carbocycles. The van der Waals surface area contributed by atoms with Gasteiger partial charge in [0.2, 0.25) is 0 Å². The van der Waals surface area contributed by atoms with Gasteiger partial charge in [0.1, 0.15) is 10.9 Å². The summed E-state index contributed by atoms with van der Waals surface area (Å²) in [5.74, 6) is 1.19. The number of rotatable bonds is 7. The molecule has 32 heavy (non-hydrogen) atoms. The summed E-state index contributed by atoms with van der Waals surface area (Å²) in [6, 6.07) is 23.6. The van der Waals surface area contributed by atoms with Gasteiger partial charge >= 0.3 is 0 Å². The zero-order chi connectivity index (χ0) is 22.5. The van der Waals surface area contributed by atoms with E-state index in [1.165, 1.54) is 17.3 Å². The second kappa shape index (κ2) is 10.0. The molecule has 3 aromatic rings. The summed E-state index contributed by atoms with van der Waals surface area (Å²) in [6.45, 7) is 2.99. The predicted molar refractivity (Wildman–Crippen MR) is 134 cm³/mol. The molecular formula is C26H23NO3S2. The van der Waals surface area contributed by atoms with Gasteiger partial charge in [0.25, 0.3) is 5.91 Å². The molecule has 0 radical (unpaired) electrons. The van der Waals surface area contributed by atoms with Crippen molar-refractivity contribution in [2.45, 2.75) is 20.1 Å². The molecule has 1 aliphatic rings. The Labute approximate surface area is 197 Å². The maximum atomic E-state index is 12.9. The summed E-state index contributed by atoms with van der Waals surface area (Å²) in [5.41, 5.74) is 4.20. The van der Waals surface area contributed by atoms with Crippen LogP contribution >= 0.6 is 24.0 Å². The molecule has 0 bridgehead atoms. The Hall–Kier alpha value is -3.09. The molecule has 1 fully saturated rings. The van der Waals surface area contributed by atoms with Gasteiger partial charge in [-0.2, -0.15) is 0 Å². The highest BCUT2D eigenvalue weighted by Gasteiger charge is 2.32. The van der Waals surface area contributed by atoms with Crippen LogP contribution in [0.25, 0.3) is 6.08 Å². The van der Waals surface area contributed by atoms with Gasteiger partial charge in [0.05, 0.1) is 18.6 Å². The van der Waals surface area contributed by atoms with Gasteiger partial charge in [-0.1, -0.05) is 84.6 Å². The number of hydrogen-bond donors (Lipinski definition) is 0. The maximum Gasteiger partial charge on any atom is 0.266 e. The Kier molecular flexibility index (Phi) is 6.93. The van der Waals surface area contributed by atoms with Crippen molar-refractivity contribution in [3.05, 3.63) is 100.0 Å². The number of benzene rings is 3. The summed E-state index contributed by atoms with van der Waals surface area (Å²) < 4.78 is 12.1. The first-order valence-electron chi connectivity index (χ1n) is 10.2. The van der Waals surface area contributed by atoms with Crippen molar-refractivity contribution >= 4 is 40.3 Å². The normalized spacial score (nSPS) is 14.8. The average molecular weight is 462 g/mol. The first-order valence-corrected chi connectivity index (χ1v) is 11.4. The Balaban J connectivity index is 1.49. The van der Waals surface area contributed by atoms with Crippen LogP contribution in [0.5, 0.6) is 11.5 Å². The first-order chi connectivity index (χ1) is 15.5. The van der Waals surface area contributed by atoms with Crippen LogP contribution in [0.3, 0.4) is 0 Å². The summed E-state index contributed by atoms with van der Waals surface area (Å²) in [4.78, 5) is 15.2. The molecule has 0 saturated carbocycles. The van der Waals surface area contributed by atoms with Crippen LogP contribution in [-0.4, -0.2) is 22.2 Å². The van der Waals surface area contributed by atoms with Crippen molar-refractivity contribution < 1.29 is 14.3 Å². The summed E-state index contributed by atoms with van der Waals surface area (Å²) >= 11 is 6.77. The number of thiocarbonyl (C=S) groups is 1. The number of aryl methyl sites for hydroxylation is 1. The van der Waals surface area contributed by atoms with Crippen LogP contribution in [0.15, 0.2) is 77.7 Å². The summed E-state index contributed by atoms with van der Waals surface area (Å²) in [6.07, 6.45) is 1.85. The van der Waals surface area contributed by atoms with Gasteiger partial charge in [-0.05, 0) is 47.4 Å². The van der Waals surface area contributed by atoms with E-state index in [1.54, 1.807) is 12.0 Å². The van der Waals surface area contributed by atoms with Crippen molar-refractivity contribution in [3.63, 3.8) is 0 Å². The van der Waals surface area contributed by atoms with Crippen LogP contribution in [0.2, 0.25) is 0 Å². The highest BCUT2D eigenvalue weighted by Crippen LogP contribution is 2.35. The van der Waals surface area contributed by atoms with Gasteiger partial charge in [0.15, 0.2) is 11.5 Å². The lowest BCUT2D eigenvalue weighted by Gasteiger charge is -2.14. The highest BCUT2D eigenvalue weighted by atomic mass is 32.2. The van der Waals surface area contributed by atoms with Crippen LogP contribution in [0.1, 0.15) is 22.3 Å². The van der Waals surface area contributed by atoms with E-state index >= 15 is 0 Å². The number of carbonyl (C=O) groups excluding carboxylic acids is 1. The number of hydrogen-bond acceptors (Lipinski definition) is 5. The minimum Gasteiger partial charge on any atom is -0.493 e. The molecule has 162 valence electrons. The van der Waals surface area contributed by atoms with E-state index in [2.05, 4.69) is 13.0 Å². The number of methoxy groups -OCH3 is 1. The Morgan fingerprint density at radius 1 is 1.00 bits per heavy atom. The van der Waals surface area contributed by atoms with E-state index in [4.69, 9.17) is 21.7 Å². The number of carbonyl (C=O) groups is 1. The second-order valence-corrected chi connectivity index (χ2v) is 9.05. The minimum atomic E-state index is -0.0808. The largest absolute Gasteiger partial charge is 0.493 e. The average Bonchev–Trinajstić information content (AvgIpc) is 3.07. The molecule has 1 heterocycles. The van der Waals surface area contributed by atoms with Gasteiger partial charge in [-0.3, -0.25) is 9.69 Å². The van der Waals surface area contributed by atoms with Gasteiger partial charge in [-0.25, -0.2) is 0 Å². The van der Waals surface area contributed by atoms with Gasteiger partial charge in [0, 0.05) is 0 Å². The van der Waals surface area contributed by atoms with Gasteiger partial charge in [-0.15, -0.1) is 0 Å². The third-order valence-electron chi connectivity index (χ3n) is 5.19. The molecule has 6 heteroatoms. The highest BCUT2D eigenvalue weighted by molar-refractivity contribution is 8.26. The molecule has 0 spiro atoms. The Morgan fingerprint density at radius 3 is 2.50 bits per heavy atom. The molecule has 1 aliphatic heterocycles. The van der Waals surface area contributed by atoms with Crippen LogP contribution in [0.4, 0.5) is 0 Å². The van der Waals surface area contributed by atoms with E-state index in [-0.39, 0.29) is 5.91 Å². The number of nitrogens with zero attached hydrogens (tertiary/aromatic N) is 1. The summed E-state index contributed by atoms with van der Waals surface area (Å²) in [5, 5.41) is 0. The fourth-order valence-corrected chi connectivity index (χ4v) is 4.63. The number of amides is 1. The molecule has 3 aromatic carbocycles. The number of ether oxygens (including phenoxy) is 2. The molecule has 1 amide bonds. The zero-order valence-corrected chi connectivity index (χ0v) is 19.5. The molecule has 1 saturated heterocycles. The van der Waals surface area contributed by atoms with Crippen molar-refractivity contribution in [2.75, 3.05) is 7.11 Å². The maximum absolute atomic E-state index is 12.9. The van der Waals surface area contributed by atoms with Crippen molar-refractivity contribution in [2.24, 2.45) is 0 Å². The van der Waals surface area contributed by atoms with E-state index in [9.17, 15) is 4.79 Å². The predicted octanol–water partition coefficient (Wildman–Crippen LogP) is 5.98. The fourth-order valence-electron chi connectivity index (χ4n) is 3.37. The molecular weight excluding hydrogens is 438 g/mol. The second-order valence-electron chi connectivity index (χ2n) is 7.38. The molecule has 4 rings (SSSR count). The zero-order valence-electron chi connectivity index (χ0n) is 17.9. The van der Waals surface area contributed by atoms with Crippen LogP contribution < -0.4 is 9.47 Å². The van der Waals surface area contributed by atoms with E-state index in [0.29, 0.717) is 33.9 Å². The number of thioether (sulfide) groups is 1. The molecule has 0 unspecified atom stereocenters. The quantitative estimate of drug-likeness (QED) is 0.319. The smallest absolute Gasteiger partial charge is 0.266 e. The molecule has 4 nitrogen and oxygen atoms in total. The van der Waals surface area contributed by atoms with E-state index in [0.717, 1.165) is 16.7 Å². The standard InChI is InChI=1S/C26H23NO3S2/c1-18-8-6-7-11-21(18)17-30-22-13-12-20(14-23(22)29-2)15-24-25(28)27(26(31)32-24)16-19-9-4-3-5-10-19/h3-15H,16-17H2,1-2H3. The lowest BCUT2D eigenvalue weighted by Crippen LogP contribution is -2.27. The Morgan fingerprint density at radius 2 is 1.75 bits per heavy atom. The minimum absolute atomic E-state index is 0.0808. The van der Waals surface area contributed by atoms with Crippen molar-refractivity contribution in [3.8, 4) is 11.5 Å². The summed E-state index contributed by atoms with van der Waals surface area (Å²) in [7, 11) is 1.61. The molecule has 0 aromatic heterocycles. The first kappa shape index (κ1) is 22.1. The SMILES string of the molecule is COc1cc(C=C2SC(=S)N(Cc3ccccc3)C2=O)ccc1OCc1ccccc1C. The van der Waals surface area contributed by atoms with Gasteiger partial charge < -0.3 is 9.47 Å². The molecule has 0 N–H and O–H groups in total. The monoisotopic (exact) mass is 461 g/mol. The fraction of sp³-hybridized carbons (Fsp3) is 0.154. The third kappa shape index (κ3) is 5.03. The topological polar surface area (TPSA) is 38.8 Å². The van der Waals surface area contributed by atoms with Crippen LogP contribution in [0, 0.1) is 6.92 Å². The van der Waals surface area contributed by atoms with Crippen LogP contribution in [-0.2, 0) is 17.9 Å². The lowest BCUT2D eigenvalue weighted by molar-refractivity contribution is -0.122. The van der Waals surface area contributed by atoms with E-state index < -0.39 is 0 Å². The van der Waals surface area contributed by atoms with Crippen molar-refractivity contribution in [1.29, 1.82) is 0 Å².